The molecule has 0 saturated carbocycles. The molecule has 3 aromatic rings. The van der Waals surface area contributed by atoms with Gasteiger partial charge in [-0.15, -0.1) is 0 Å². The van der Waals surface area contributed by atoms with E-state index in [0.717, 1.165) is 12.8 Å². The molecule has 0 aliphatic rings. The van der Waals surface area contributed by atoms with Crippen LogP contribution in [0.2, 0.25) is 0 Å². The van der Waals surface area contributed by atoms with Gasteiger partial charge in [-0.25, -0.2) is 5.84 Å². The summed E-state index contributed by atoms with van der Waals surface area (Å²) in [5, 5.41) is 16.8. The van der Waals surface area contributed by atoms with Crippen LogP contribution in [0.3, 0.4) is 0 Å². The maximum atomic E-state index is 12.5. The van der Waals surface area contributed by atoms with Gasteiger partial charge in [-0.1, -0.05) is 36.7 Å². The number of azide groups is 1. The molecule has 0 spiro atoms. The van der Waals surface area contributed by atoms with Crippen molar-refractivity contribution in [2.24, 2.45) is 11.0 Å². The molecule has 0 saturated heterocycles. The molecule has 0 aliphatic heterocycles. The minimum atomic E-state index is -0.236. The van der Waals surface area contributed by atoms with Crippen LogP contribution in [0.15, 0.2) is 59.7 Å². The average molecular weight is 709 g/mol. The Labute approximate surface area is 297 Å². The number of hydrazine groups is 1. The zero-order chi connectivity index (χ0) is 36.4. The van der Waals surface area contributed by atoms with Crippen molar-refractivity contribution in [2.45, 2.75) is 19.8 Å². The number of amides is 2. The zero-order valence-electron chi connectivity index (χ0n) is 29.0. The molecule has 276 valence electrons. The van der Waals surface area contributed by atoms with Crippen molar-refractivity contribution < 1.29 is 28.5 Å². The second-order valence-corrected chi connectivity index (χ2v) is 10.7. The van der Waals surface area contributed by atoms with E-state index in [1.54, 1.807) is 36.4 Å². The summed E-state index contributed by atoms with van der Waals surface area (Å²) in [5.41, 5.74) is 9.98. The number of anilines is 4. The minimum absolute atomic E-state index is 0.137. The Morgan fingerprint density at radius 3 is 1.94 bits per heavy atom. The molecule has 1 aromatic heterocycles. The lowest BCUT2D eigenvalue weighted by molar-refractivity contribution is 0.0511. The summed E-state index contributed by atoms with van der Waals surface area (Å²) in [5.74, 6) is 6.77. The molecule has 1 heterocycles. The summed E-state index contributed by atoms with van der Waals surface area (Å²) in [7, 11) is 0. The van der Waals surface area contributed by atoms with Crippen LogP contribution in [-0.4, -0.2) is 112 Å². The zero-order valence-corrected chi connectivity index (χ0v) is 29.0. The number of hydrogen-bond acceptors (Lipinski definition) is 14. The van der Waals surface area contributed by atoms with Crippen LogP contribution in [0.5, 0.6) is 0 Å². The maximum Gasteiger partial charge on any atom is 0.251 e. The first-order valence-electron chi connectivity index (χ1n) is 16.8. The van der Waals surface area contributed by atoms with Crippen LogP contribution in [0.25, 0.3) is 10.4 Å². The number of hydrogen-bond donors (Lipinski definition) is 5. The van der Waals surface area contributed by atoms with Gasteiger partial charge >= 0.3 is 0 Å². The quantitative estimate of drug-likeness (QED) is 0.0191. The molecule has 18 nitrogen and oxygen atoms in total. The van der Waals surface area contributed by atoms with Gasteiger partial charge in [0, 0.05) is 54.4 Å². The van der Waals surface area contributed by atoms with Crippen LogP contribution in [0.1, 0.15) is 40.5 Å². The number of rotatable bonds is 27. The first-order valence-corrected chi connectivity index (χ1v) is 16.8. The van der Waals surface area contributed by atoms with Crippen LogP contribution in [-0.2, 0) is 18.9 Å². The Kier molecular flexibility index (Phi) is 19.7. The Morgan fingerprint density at radius 1 is 0.765 bits per heavy atom. The fourth-order valence-corrected chi connectivity index (χ4v) is 4.19. The summed E-state index contributed by atoms with van der Waals surface area (Å²) < 4.78 is 21.9. The Morgan fingerprint density at radius 2 is 1.33 bits per heavy atom. The van der Waals surface area contributed by atoms with E-state index in [1.807, 2.05) is 18.2 Å². The van der Waals surface area contributed by atoms with Crippen molar-refractivity contribution in [1.29, 1.82) is 0 Å². The van der Waals surface area contributed by atoms with Crippen molar-refractivity contribution in [3.05, 3.63) is 76.2 Å². The normalized spacial score (nSPS) is 10.6. The van der Waals surface area contributed by atoms with Gasteiger partial charge in [0.25, 0.3) is 11.8 Å². The largest absolute Gasteiger partial charge is 0.379 e. The third kappa shape index (κ3) is 16.9. The summed E-state index contributed by atoms with van der Waals surface area (Å²) in [6, 6.07) is 15.9. The van der Waals surface area contributed by atoms with Gasteiger partial charge in [0.2, 0.25) is 17.8 Å². The van der Waals surface area contributed by atoms with Crippen molar-refractivity contribution in [1.82, 2.24) is 25.6 Å². The molecule has 0 radical (unpaired) electrons. The predicted molar refractivity (Wildman–Crippen MR) is 193 cm³/mol. The lowest BCUT2D eigenvalue weighted by Crippen LogP contribution is -2.34. The minimum Gasteiger partial charge on any atom is -0.379 e. The molecule has 2 aromatic carbocycles. The van der Waals surface area contributed by atoms with E-state index in [9.17, 15) is 9.59 Å². The predicted octanol–water partition coefficient (Wildman–Crippen LogP) is 3.04. The number of carbonyl (C=O) groups excluding carboxylic acids is 2. The number of nitrogens with two attached hydrogens (primary N) is 1. The summed E-state index contributed by atoms with van der Waals surface area (Å²) in [6.45, 7) is 7.02. The average Bonchev–Trinajstić information content (AvgIpc) is 3.15. The third-order valence-electron chi connectivity index (χ3n) is 6.81. The third-order valence-corrected chi connectivity index (χ3v) is 6.81. The van der Waals surface area contributed by atoms with Gasteiger partial charge in [-0.3, -0.25) is 14.6 Å². The molecule has 2 amide bonds. The highest BCUT2D eigenvalue weighted by Crippen LogP contribution is 2.18. The van der Waals surface area contributed by atoms with E-state index in [0.29, 0.717) is 108 Å². The number of carbonyl (C=O) groups is 2. The van der Waals surface area contributed by atoms with Gasteiger partial charge in [0.1, 0.15) is 0 Å². The van der Waals surface area contributed by atoms with Crippen molar-refractivity contribution in [3.63, 3.8) is 0 Å². The highest BCUT2D eigenvalue weighted by molar-refractivity contribution is 5.94. The molecular formula is C33H48N12O6. The lowest BCUT2D eigenvalue weighted by atomic mass is 10.2. The second kappa shape index (κ2) is 24.9. The second-order valence-electron chi connectivity index (χ2n) is 10.7. The molecule has 0 atom stereocenters. The molecule has 0 bridgehead atoms. The maximum absolute atomic E-state index is 12.5. The molecule has 51 heavy (non-hydrogen) atoms. The Bertz CT molecular complexity index is 1480. The van der Waals surface area contributed by atoms with E-state index in [2.05, 4.69) is 53.2 Å². The number of aromatic nitrogens is 3. The summed E-state index contributed by atoms with van der Waals surface area (Å²) in [6.07, 6.45) is 1.83. The number of nitrogens with zero attached hydrogens (tertiary/aromatic N) is 7. The first-order chi connectivity index (χ1) is 25.0. The van der Waals surface area contributed by atoms with E-state index in [-0.39, 0.29) is 24.3 Å². The molecule has 18 heteroatoms. The monoisotopic (exact) mass is 708 g/mol. The number of ether oxygens (including phenoxy) is 4. The van der Waals surface area contributed by atoms with Gasteiger partial charge in [0.15, 0.2) is 0 Å². The van der Waals surface area contributed by atoms with Gasteiger partial charge in [-0.05, 0) is 48.4 Å². The molecule has 6 N–H and O–H groups in total. The Balaban J connectivity index is 1.39. The van der Waals surface area contributed by atoms with Crippen LogP contribution in [0, 0.1) is 0 Å². The summed E-state index contributed by atoms with van der Waals surface area (Å²) >= 11 is 0. The van der Waals surface area contributed by atoms with Gasteiger partial charge < -0.3 is 40.2 Å². The van der Waals surface area contributed by atoms with E-state index < -0.39 is 0 Å². The molecule has 0 fully saturated rings. The van der Waals surface area contributed by atoms with E-state index >= 15 is 0 Å². The number of nitrogens with one attached hydrogen (secondary N) is 4. The topological polar surface area (TPSA) is 236 Å². The SMILES string of the molecule is CCCCN(N)c1nc(NCCOCCOCCNC(=O)c2ccccc2)nc(Nc2ccc(C(=O)NCCOCCOCCN=[N+]=[N-])cc2)n1. The molecule has 0 aliphatic carbocycles. The van der Waals surface area contributed by atoms with Crippen LogP contribution < -0.4 is 32.1 Å². The fourth-order valence-electron chi connectivity index (χ4n) is 4.19. The van der Waals surface area contributed by atoms with Crippen LogP contribution >= 0.6 is 0 Å². The standard InChI is InChI=1S/C33H48N12O6/c1-2-3-17-45(35)33-42-31(38-15-20-50-23-22-48-18-13-36-29(46)26-7-5-4-6-8-26)41-32(43-33)40-28-11-9-27(10-12-28)30(47)37-14-19-49-24-25-51-21-16-39-44-34/h4-12H,2-3,13-25,35H2,1H3,(H,36,46)(H,37,47)(H2,38,40,41,42,43). The lowest BCUT2D eigenvalue weighted by Gasteiger charge is -2.18. The smallest absolute Gasteiger partial charge is 0.251 e. The number of benzene rings is 2. The van der Waals surface area contributed by atoms with Crippen LogP contribution in [0.4, 0.5) is 23.5 Å². The molecule has 0 unspecified atom stereocenters. The van der Waals surface area contributed by atoms with Crippen molar-refractivity contribution in [3.8, 4) is 0 Å². The fraction of sp³-hybridized carbons (Fsp3) is 0.485. The van der Waals surface area contributed by atoms with E-state index in [4.69, 9.17) is 30.3 Å². The van der Waals surface area contributed by atoms with Crippen molar-refractivity contribution in [2.75, 3.05) is 101 Å². The van der Waals surface area contributed by atoms with E-state index in [1.165, 1.54) is 5.01 Å². The van der Waals surface area contributed by atoms with Gasteiger partial charge in [0.05, 0.1) is 52.9 Å². The Hall–Kier alpha value is -5.10. The van der Waals surface area contributed by atoms with Gasteiger partial charge in [-0.2, -0.15) is 15.0 Å². The first kappa shape index (κ1) is 40.3. The summed E-state index contributed by atoms with van der Waals surface area (Å²) in [4.78, 5) is 40.7. The highest BCUT2D eigenvalue weighted by Gasteiger charge is 2.12. The molecule has 3 rings (SSSR count). The molecular weight excluding hydrogens is 660 g/mol. The van der Waals surface area contributed by atoms with Crippen molar-refractivity contribution >= 4 is 35.3 Å². The highest BCUT2D eigenvalue weighted by atomic mass is 16.5. The number of unbranched alkanes of at least 4 members (excludes halogenated alkanes) is 1.